The number of nitrogens with two attached hydrogens (primary N) is 1. The van der Waals surface area contributed by atoms with Crippen LogP contribution in [0.2, 0.25) is 0 Å². The molecule has 0 spiro atoms. The Morgan fingerprint density at radius 2 is 2.20 bits per heavy atom. The average Bonchev–Trinajstić information content (AvgIpc) is 2.88. The number of aliphatic hydroxyl groups is 1. The van der Waals surface area contributed by atoms with E-state index in [1.807, 2.05) is 30.7 Å². The summed E-state index contributed by atoms with van der Waals surface area (Å²) in [5.41, 5.74) is 6.44. The predicted octanol–water partition coefficient (Wildman–Crippen LogP) is 1.45. The summed E-state index contributed by atoms with van der Waals surface area (Å²) in [6.07, 6.45) is -0.685. The molecule has 0 aliphatic carbocycles. The normalized spacial score (nSPS) is 12.4. The van der Waals surface area contributed by atoms with E-state index < -0.39 is 6.10 Å². The maximum absolute atomic E-state index is 9.97. The highest BCUT2D eigenvalue weighted by molar-refractivity contribution is 7.07. The quantitative estimate of drug-likeness (QED) is 0.740. The Hall–Kier alpha value is -1.93. The highest BCUT2D eigenvalue weighted by Gasteiger charge is 2.11. The first-order valence-electron chi connectivity index (χ1n) is 6.17. The minimum Gasteiger partial charge on any atom is -0.461 e. The molecule has 1 unspecified atom stereocenters. The van der Waals surface area contributed by atoms with Crippen molar-refractivity contribution < 1.29 is 9.84 Å². The molecular formula is C12H17N5O2S. The van der Waals surface area contributed by atoms with Gasteiger partial charge in [-0.3, -0.25) is 0 Å². The van der Waals surface area contributed by atoms with Crippen LogP contribution in [0.4, 0.5) is 11.9 Å². The lowest BCUT2D eigenvalue weighted by Gasteiger charge is -2.12. The topological polar surface area (TPSA) is 106 Å². The SMILES string of the molecule is CC(C)Oc1nc(N)nc(NCC(O)c2ccsc2)n1. The number of ether oxygens (including phenoxy) is 1. The van der Waals surface area contributed by atoms with Crippen LogP contribution in [0.3, 0.4) is 0 Å². The van der Waals surface area contributed by atoms with E-state index in [9.17, 15) is 5.11 Å². The number of nitrogen functional groups attached to an aromatic ring is 1. The predicted molar refractivity (Wildman–Crippen MR) is 77.8 cm³/mol. The minimum absolute atomic E-state index is 0.0546. The summed E-state index contributed by atoms with van der Waals surface area (Å²) in [6.45, 7) is 4.02. The molecule has 2 heterocycles. The molecule has 108 valence electrons. The summed E-state index contributed by atoms with van der Waals surface area (Å²) in [7, 11) is 0. The van der Waals surface area contributed by atoms with Crippen molar-refractivity contribution in [2.45, 2.75) is 26.1 Å². The number of nitrogens with zero attached hydrogens (tertiary/aromatic N) is 3. The number of aliphatic hydroxyl groups excluding tert-OH is 1. The Balaban J connectivity index is 2.00. The van der Waals surface area contributed by atoms with Crippen molar-refractivity contribution in [1.29, 1.82) is 0 Å². The van der Waals surface area contributed by atoms with Crippen LogP contribution in [0.25, 0.3) is 0 Å². The van der Waals surface area contributed by atoms with E-state index in [2.05, 4.69) is 20.3 Å². The second-order valence-electron chi connectivity index (χ2n) is 4.42. The van der Waals surface area contributed by atoms with Crippen molar-refractivity contribution >= 4 is 23.2 Å². The number of hydrogen-bond acceptors (Lipinski definition) is 8. The summed E-state index contributed by atoms with van der Waals surface area (Å²) in [5, 5.41) is 16.7. The van der Waals surface area contributed by atoms with Gasteiger partial charge in [-0.1, -0.05) is 0 Å². The largest absolute Gasteiger partial charge is 0.461 e. The number of aromatic nitrogens is 3. The molecule has 0 saturated heterocycles. The van der Waals surface area contributed by atoms with Gasteiger partial charge in [-0.05, 0) is 36.2 Å². The molecule has 2 aromatic heterocycles. The fourth-order valence-electron chi connectivity index (χ4n) is 1.49. The van der Waals surface area contributed by atoms with E-state index in [0.717, 1.165) is 5.56 Å². The lowest BCUT2D eigenvalue weighted by Crippen LogP contribution is -2.16. The molecule has 0 aliphatic rings. The van der Waals surface area contributed by atoms with Gasteiger partial charge in [0.05, 0.1) is 12.2 Å². The van der Waals surface area contributed by atoms with Crippen LogP contribution in [-0.4, -0.2) is 32.7 Å². The van der Waals surface area contributed by atoms with Crippen LogP contribution in [0, 0.1) is 0 Å². The molecule has 1 atom stereocenters. The van der Waals surface area contributed by atoms with Gasteiger partial charge in [-0.25, -0.2) is 0 Å². The molecule has 0 bridgehead atoms. The van der Waals surface area contributed by atoms with E-state index >= 15 is 0 Å². The molecule has 0 aromatic carbocycles. The maximum atomic E-state index is 9.97. The molecule has 4 N–H and O–H groups in total. The van der Waals surface area contributed by atoms with Crippen LogP contribution < -0.4 is 15.8 Å². The third kappa shape index (κ3) is 4.04. The zero-order valence-corrected chi connectivity index (χ0v) is 12.1. The van der Waals surface area contributed by atoms with Gasteiger partial charge < -0.3 is 20.9 Å². The van der Waals surface area contributed by atoms with Gasteiger partial charge in [0.2, 0.25) is 11.9 Å². The molecule has 0 amide bonds. The third-order valence-electron chi connectivity index (χ3n) is 2.35. The number of hydrogen-bond donors (Lipinski definition) is 3. The van der Waals surface area contributed by atoms with E-state index in [1.165, 1.54) is 11.3 Å². The fourth-order valence-corrected chi connectivity index (χ4v) is 2.19. The third-order valence-corrected chi connectivity index (χ3v) is 3.06. The van der Waals surface area contributed by atoms with Crippen molar-refractivity contribution in [1.82, 2.24) is 15.0 Å². The second kappa shape index (κ2) is 6.49. The van der Waals surface area contributed by atoms with Crippen molar-refractivity contribution in [3.8, 4) is 6.01 Å². The zero-order chi connectivity index (χ0) is 14.5. The van der Waals surface area contributed by atoms with Crippen molar-refractivity contribution in [3.63, 3.8) is 0 Å². The molecular weight excluding hydrogens is 278 g/mol. The monoisotopic (exact) mass is 295 g/mol. The maximum Gasteiger partial charge on any atom is 0.323 e. The van der Waals surface area contributed by atoms with Crippen LogP contribution in [0.1, 0.15) is 25.5 Å². The molecule has 2 rings (SSSR count). The van der Waals surface area contributed by atoms with Gasteiger partial charge in [0.25, 0.3) is 0 Å². The highest BCUT2D eigenvalue weighted by Crippen LogP contribution is 2.17. The smallest absolute Gasteiger partial charge is 0.323 e. The molecule has 8 heteroatoms. The van der Waals surface area contributed by atoms with Crippen molar-refractivity contribution in [3.05, 3.63) is 22.4 Å². The molecule has 2 aromatic rings. The molecule has 20 heavy (non-hydrogen) atoms. The lowest BCUT2D eigenvalue weighted by atomic mass is 10.2. The molecule has 7 nitrogen and oxygen atoms in total. The number of thiophene rings is 1. The zero-order valence-electron chi connectivity index (χ0n) is 11.3. The first-order valence-corrected chi connectivity index (χ1v) is 7.11. The van der Waals surface area contributed by atoms with Crippen molar-refractivity contribution in [2.24, 2.45) is 0 Å². The van der Waals surface area contributed by atoms with E-state index in [-0.39, 0.29) is 30.6 Å². The van der Waals surface area contributed by atoms with Gasteiger partial charge in [-0.2, -0.15) is 26.3 Å². The number of rotatable bonds is 6. The first kappa shape index (κ1) is 14.5. The van der Waals surface area contributed by atoms with Crippen LogP contribution >= 0.6 is 11.3 Å². The van der Waals surface area contributed by atoms with E-state index in [0.29, 0.717) is 0 Å². The molecule has 0 saturated carbocycles. The number of anilines is 2. The Kier molecular flexibility index (Phi) is 4.70. The Morgan fingerprint density at radius 3 is 2.85 bits per heavy atom. The van der Waals surface area contributed by atoms with Gasteiger partial charge in [-0.15, -0.1) is 0 Å². The number of nitrogens with one attached hydrogen (secondary N) is 1. The summed E-state index contributed by atoms with van der Waals surface area (Å²) < 4.78 is 5.37. The van der Waals surface area contributed by atoms with Gasteiger partial charge >= 0.3 is 6.01 Å². The first-order chi connectivity index (χ1) is 9.54. The summed E-state index contributed by atoms with van der Waals surface area (Å²) in [4.78, 5) is 11.9. The standard InChI is InChI=1S/C12H17N5O2S/c1-7(2)19-12-16-10(13)15-11(17-12)14-5-9(18)8-3-4-20-6-8/h3-4,6-7,9,18H,5H2,1-2H3,(H3,13,14,15,16,17). The average molecular weight is 295 g/mol. The van der Waals surface area contributed by atoms with E-state index in [1.54, 1.807) is 0 Å². The lowest BCUT2D eigenvalue weighted by molar-refractivity contribution is 0.191. The highest BCUT2D eigenvalue weighted by atomic mass is 32.1. The Labute approximate surface area is 120 Å². The Bertz CT molecular complexity index is 547. The second-order valence-corrected chi connectivity index (χ2v) is 5.20. The van der Waals surface area contributed by atoms with Crippen molar-refractivity contribution in [2.75, 3.05) is 17.6 Å². The van der Waals surface area contributed by atoms with E-state index in [4.69, 9.17) is 10.5 Å². The van der Waals surface area contributed by atoms with Gasteiger partial charge in [0.1, 0.15) is 0 Å². The van der Waals surface area contributed by atoms with Crippen LogP contribution in [0.5, 0.6) is 6.01 Å². The molecule has 0 fully saturated rings. The molecule has 0 aliphatic heterocycles. The van der Waals surface area contributed by atoms with Gasteiger partial charge in [0.15, 0.2) is 0 Å². The summed E-state index contributed by atoms with van der Waals surface area (Å²) in [6, 6.07) is 2.03. The van der Waals surface area contributed by atoms with Crippen LogP contribution in [0.15, 0.2) is 16.8 Å². The van der Waals surface area contributed by atoms with Crippen LogP contribution in [-0.2, 0) is 0 Å². The Morgan fingerprint density at radius 1 is 1.40 bits per heavy atom. The molecule has 0 radical (unpaired) electrons. The fraction of sp³-hybridized carbons (Fsp3) is 0.417. The minimum atomic E-state index is -0.631. The summed E-state index contributed by atoms with van der Waals surface area (Å²) >= 11 is 1.53. The van der Waals surface area contributed by atoms with Gasteiger partial charge in [0, 0.05) is 6.54 Å². The summed E-state index contributed by atoms with van der Waals surface area (Å²) in [5.74, 6) is 0.352.